The van der Waals surface area contributed by atoms with Crippen LogP contribution in [0.2, 0.25) is 5.02 Å². The van der Waals surface area contributed by atoms with E-state index in [1.807, 2.05) is 12.1 Å². The van der Waals surface area contributed by atoms with Crippen molar-refractivity contribution in [1.82, 2.24) is 15.5 Å². The summed E-state index contributed by atoms with van der Waals surface area (Å²) in [6.45, 7) is 1.32. The van der Waals surface area contributed by atoms with Crippen LogP contribution >= 0.6 is 11.6 Å². The van der Waals surface area contributed by atoms with Gasteiger partial charge in [-0.05, 0) is 30.2 Å². The average Bonchev–Trinajstić information content (AvgIpc) is 2.69. The Labute approximate surface area is 173 Å². The first-order valence-electron chi connectivity index (χ1n) is 9.40. The van der Waals surface area contributed by atoms with Gasteiger partial charge in [0.1, 0.15) is 0 Å². The van der Waals surface area contributed by atoms with Crippen LogP contribution in [0.4, 0.5) is 8.78 Å². The molecule has 2 N–H and O–H groups in total. The van der Waals surface area contributed by atoms with Gasteiger partial charge in [0, 0.05) is 36.8 Å². The molecule has 0 radical (unpaired) electrons. The van der Waals surface area contributed by atoms with Crippen molar-refractivity contribution < 1.29 is 18.4 Å². The Balaban J connectivity index is 1.57. The van der Waals surface area contributed by atoms with Crippen LogP contribution in [0.5, 0.6) is 0 Å². The van der Waals surface area contributed by atoms with Gasteiger partial charge in [-0.3, -0.25) is 14.5 Å². The number of halogens is 3. The van der Waals surface area contributed by atoms with Gasteiger partial charge in [0.25, 0.3) is 0 Å². The smallest absolute Gasteiger partial charge is 0.237 e. The van der Waals surface area contributed by atoms with Crippen molar-refractivity contribution in [1.29, 1.82) is 0 Å². The zero-order chi connectivity index (χ0) is 20.8. The van der Waals surface area contributed by atoms with Crippen LogP contribution in [0.25, 0.3) is 0 Å². The summed E-state index contributed by atoms with van der Waals surface area (Å²) in [4.78, 5) is 26.3. The van der Waals surface area contributed by atoms with Gasteiger partial charge in [-0.2, -0.15) is 0 Å². The Bertz CT molecular complexity index is 877. The van der Waals surface area contributed by atoms with Crippen LogP contribution in [0.1, 0.15) is 17.5 Å². The van der Waals surface area contributed by atoms with Gasteiger partial charge in [-0.15, -0.1) is 0 Å². The Morgan fingerprint density at radius 3 is 2.72 bits per heavy atom. The molecular formula is C21H22ClF2N3O2. The molecule has 0 aliphatic carbocycles. The Hall–Kier alpha value is -2.51. The fraction of sp³-hybridized carbons (Fsp3) is 0.333. The first-order valence-corrected chi connectivity index (χ1v) is 9.77. The van der Waals surface area contributed by atoms with Gasteiger partial charge in [-0.1, -0.05) is 35.9 Å². The summed E-state index contributed by atoms with van der Waals surface area (Å²) in [6, 6.07) is 10.6. The zero-order valence-corrected chi connectivity index (χ0v) is 16.5. The van der Waals surface area contributed by atoms with E-state index >= 15 is 0 Å². The lowest BCUT2D eigenvalue weighted by Gasteiger charge is -2.34. The summed E-state index contributed by atoms with van der Waals surface area (Å²) < 4.78 is 27.5. The average molecular weight is 422 g/mol. The number of hydrogen-bond acceptors (Lipinski definition) is 3. The normalized spacial score (nSPS) is 17.1. The fourth-order valence-electron chi connectivity index (χ4n) is 3.31. The van der Waals surface area contributed by atoms with Crippen LogP contribution in [-0.4, -0.2) is 42.4 Å². The molecule has 2 aromatic carbocycles. The third-order valence-corrected chi connectivity index (χ3v) is 5.13. The van der Waals surface area contributed by atoms with E-state index in [1.165, 1.54) is 12.1 Å². The lowest BCUT2D eigenvalue weighted by atomic mass is 10.1. The number of carbonyl (C=O) groups is 2. The highest BCUT2D eigenvalue weighted by Gasteiger charge is 2.32. The number of carbonyl (C=O) groups excluding carboxylic acids is 2. The topological polar surface area (TPSA) is 61.4 Å². The molecule has 1 aliphatic heterocycles. The van der Waals surface area contributed by atoms with Gasteiger partial charge in [0.2, 0.25) is 11.8 Å². The molecule has 0 unspecified atom stereocenters. The molecule has 1 aliphatic rings. The van der Waals surface area contributed by atoms with Crippen molar-refractivity contribution in [2.75, 3.05) is 19.6 Å². The Morgan fingerprint density at radius 1 is 1.21 bits per heavy atom. The molecule has 5 nitrogen and oxygen atoms in total. The van der Waals surface area contributed by atoms with Crippen molar-refractivity contribution in [3.8, 4) is 0 Å². The van der Waals surface area contributed by atoms with Crippen molar-refractivity contribution in [2.24, 2.45) is 0 Å². The highest BCUT2D eigenvalue weighted by molar-refractivity contribution is 6.30. The molecule has 1 heterocycles. The van der Waals surface area contributed by atoms with Crippen LogP contribution in [-0.2, 0) is 22.6 Å². The molecule has 2 amide bonds. The van der Waals surface area contributed by atoms with Crippen LogP contribution in [0.3, 0.4) is 0 Å². The SMILES string of the molecule is O=C(C[C@@H]1C(=O)NCCN1Cc1cccc(F)c1F)NCCc1ccc(Cl)cc1. The molecular weight excluding hydrogens is 400 g/mol. The zero-order valence-electron chi connectivity index (χ0n) is 15.8. The second-order valence-corrected chi connectivity index (χ2v) is 7.36. The highest BCUT2D eigenvalue weighted by atomic mass is 35.5. The highest BCUT2D eigenvalue weighted by Crippen LogP contribution is 2.18. The van der Waals surface area contributed by atoms with Gasteiger partial charge >= 0.3 is 0 Å². The summed E-state index contributed by atoms with van der Waals surface area (Å²) in [5.41, 5.74) is 1.20. The molecule has 0 spiro atoms. The Kier molecular flexibility index (Phi) is 7.17. The minimum absolute atomic E-state index is 0.0522. The maximum Gasteiger partial charge on any atom is 0.237 e. The lowest BCUT2D eigenvalue weighted by Crippen LogP contribution is -2.56. The van der Waals surface area contributed by atoms with Crippen molar-refractivity contribution in [2.45, 2.75) is 25.4 Å². The van der Waals surface area contributed by atoms with Gasteiger partial charge in [0.05, 0.1) is 12.5 Å². The van der Waals surface area contributed by atoms with Crippen molar-refractivity contribution in [3.63, 3.8) is 0 Å². The maximum absolute atomic E-state index is 14.0. The molecule has 3 rings (SSSR count). The summed E-state index contributed by atoms with van der Waals surface area (Å²) >= 11 is 5.85. The van der Waals surface area contributed by atoms with E-state index < -0.39 is 17.7 Å². The number of piperazine rings is 1. The summed E-state index contributed by atoms with van der Waals surface area (Å²) in [6.07, 6.45) is 0.585. The third kappa shape index (κ3) is 5.74. The van der Waals surface area contributed by atoms with Crippen LogP contribution in [0.15, 0.2) is 42.5 Å². The lowest BCUT2D eigenvalue weighted by molar-refractivity contribution is -0.134. The molecule has 0 saturated carbocycles. The molecule has 2 aromatic rings. The number of nitrogens with one attached hydrogen (secondary N) is 2. The predicted molar refractivity (Wildman–Crippen MR) is 106 cm³/mol. The second kappa shape index (κ2) is 9.80. The number of nitrogens with zero attached hydrogens (tertiary/aromatic N) is 1. The van der Waals surface area contributed by atoms with E-state index in [4.69, 9.17) is 11.6 Å². The van der Waals surface area contributed by atoms with E-state index in [9.17, 15) is 18.4 Å². The second-order valence-electron chi connectivity index (χ2n) is 6.92. The molecule has 1 atom stereocenters. The van der Waals surface area contributed by atoms with E-state index in [2.05, 4.69) is 10.6 Å². The fourth-order valence-corrected chi connectivity index (χ4v) is 3.43. The first-order chi connectivity index (χ1) is 13.9. The minimum Gasteiger partial charge on any atom is -0.356 e. The van der Waals surface area contributed by atoms with Crippen molar-refractivity contribution in [3.05, 3.63) is 70.2 Å². The molecule has 154 valence electrons. The number of hydrogen-bond donors (Lipinski definition) is 2. The van der Waals surface area contributed by atoms with Crippen LogP contribution < -0.4 is 10.6 Å². The largest absolute Gasteiger partial charge is 0.356 e. The molecule has 29 heavy (non-hydrogen) atoms. The Morgan fingerprint density at radius 2 is 1.97 bits per heavy atom. The molecule has 1 fully saturated rings. The number of rotatable bonds is 7. The third-order valence-electron chi connectivity index (χ3n) is 4.87. The molecule has 0 aromatic heterocycles. The number of amides is 2. The van der Waals surface area contributed by atoms with E-state index in [-0.39, 0.29) is 30.3 Å². The summed E-state index contributed by atoms with van der Waals surface area (Å²) in [5, 5.41) is 6.18. The molecule has 1 saturated heterocycles. The molecule has 0 bridgehead atoms. The van der Waals surface area contributed by atoms with E-state index in [0.29, 0.717) is 31.1 Å². The van der Waals surface area contributed by atoms with E-state index in [0.717, 1.165) is 11.6 Å². The monoisotopic (exact) mass is 421 g/mol. The van der Waals surface area contributed by atoms with Crippen molar-refractivity contribution >= 4 is 23.4 Å². The van der Waals surface area contributed by atoms with Gasteiger partial charge in [-0.25, -0.2) is 8.78 Å². The molecule has 8 heteroatoms. The maximum atomic E-state index is 14.0. The predicted octanol–water partition coefficient (Wildman–Crippen LogP) is 2.67. The van der Waals surface area contributed by atoms with Gasteiger partial charge in [0.15, 0.2) is 11.6 Å². The quantitative estimate of drug-likeness (QED) is 0.722. The first kappa shape index (κ1) is 21.2. The minimum atomic E-state index is -0.930. The summed E-state index contributed by atoms with van der Waals surface area (Å²) in [7, 11) is 0. The van der Waals surface area contributed by atoms with E-state index in [1.54, 1.807) is 17.0 Å². The van der Waals surface area contributed by atoms with Gasteiger partial charge < -0.3 is 10.6 Å². The van der Waals surface area contributed by atoms with Crippen LogP contribution in [0, 0.1) is 11.6 Å². The standard InChI is InChI=1S/C21H22ClF2N3O2/c22-16-6-4-14(5-7-16)8-9-25-19(28)12-18-21(29)26-10-11-27(18)13-15-2-1-3-17(23)20(15)24/h1-7,18H,8-13H2,(H,25,28)(H,26,29)/t18-/m1/s1. The number of benzene rings is 2. The summed E-state index contributed by atoms with van der Waals surface area (Å²) in [5.74, 6) is -2.42.